The van der Waals surface area contributed by atoms with Gasteiger partial charge in [-0.25, -0.2) is 0 Å². The lowest BCUT2D eigenvalue weighted by molar-refractivity contribution is -0.134. The van der Waals surface area contributed by atoms with Gasteiger partial charge in [0.15, 0.2) is 6.61 Å². The summed E-state index contributed by atoms with van der Waals surface area (Å²) in [5.41, 5.74) is 6.57. The van der Waals surface area contributed by atoms with Gasteiger partial charge in [0.1, 0.15) is 5.75 Å². The van der Waals surface area contributed by atoms with Crippen molar-refractivity contribution in [3.63, 3.8) is 0 Å². The van der Waals surface area contributed by atoms with Crippen molar-refractivity contribution >= 4 is 5.91 Å². The quantitative estimate of drug-likeness (QED) is 0.879. The first kappa shape index (κ1) is 12.9. The van der Waals surface area contributed by atoms with Crippen molar-refractivity contribution in [2.45, 2.75) is 25.8 Å². The predicted octanol–water partition coefficient (Wildman–Crippen LogP) is 1.54. The van der Waals surface area contributed by atoms with Gasteiger partial charge in [0.05, 0.1) is 0 Å². The number of likely N-dealkylation sites (tertiary alicyclic amines) is 1. The third kappa shape index (κ3) is 3.47. The van der Waals surface area contributed by atoms with Gasteiger partial charge in [-0.05, 0) is 37.0 Å². The molecular weight excluding hydrogens is 228 g/mol. The molecule has 0 aromatic heterocycles. The van der Waals surface area contributed by atoms with Crippen molar-refractivity contribution in [3.05, 3.63) is 29.8 Å². The molecule has 0 atom stereocenters. The second-order valence-corrected chi connectivity index (χ2v) is 4.58. The number of nitrogens with zero attached hydrogens (tertiary/aromatic N) is 1. The lowest BCUT2D eigenvalue weighted by Crippen LogP contribution is -2.38. The van der Waals surface area contributed by atoms with Gasteiger partial charge >= 0.3 is 0 Å². The van der Waals surface area contributed by atoms with E-state index in [0.717, 1.165) is 31.5 Å². The molecule has 18 heavy (non-hydrogen) atoms. The lowest BCUT2D eigenvalue weighted by atomic mass is 10.1. The van der Waals surface area contributed by atoms with Crippen LogP contribution in [0.1, 0.15) is 24.8 Å². The summed E-state index contributed by atoms with van der Waals surface area (Å²) < 4.78 is 5.52. The monoisotopic (exact) mass is 248 g/mol. The normalized spacial score (nSPS) is 15.5. The van der Waals surface area contributed by atoms with Gasteiger partial charge in [-0.3, -0.25) is 4.79 Å². The number of benzene rings is 1. The van der Waals surface area contributed by atoms with E-state index in [1.54, 1.807) is 0 Å². The molecule has 0 bridgehead atoms. The fraction of sp³-hybridized carbons (Fsp3) is 0.500. The Morgan fingerprint density at radius 2 is 2.06 bits per heavy atom. The molecule has 1 saturated heterocycles. The van der Waals surface area contributed by atoms with Gasteiger partial charge in [0, 0.05) is 19.6 Å². The highest BCUT2D eigenvalue weighted by molar-refractivity contribution is 5.77. The van der Waals surface area contributed by atoms with Crippen LogP contribution in [-0.2, 0) is 11.3 Å². The standard InChI is InChI=1S/C14H20N2O2/c15-10-12-5-4-6-13(9-12)18-11-14(17)16-7-2-1-3-8-16/h4-6,9H,1-3,7-8,10-11,15H2. The molecule has 98 valence electrons. The maximum absolute atomic E-state index is 11.9. The van der Waals surface area contributed by atoms with Crippen molar-refractivity contribution in [1.29, 1.82) is 0 Å². The summed E-state index contributed by atoms with van der Waals surface area (Å²) in [6, 6.07) is 7.56. The van der Waals surface area contributed by atoms with Crippen molar-refractivity contribution in [3.8, 4) is 5.75 Å². The Morgan fingerprint density at radius 1 is 1.28 bits per heavy atom. The van der Waals surface area contributed by atoms with E-state index in [-0.39, 0.29) is 12.5 Å². The molecule has 0 radical (unpaired) electrons. The first-order chi connectivity index (χ1) is 8.79. The number of amides is 1. The first-order valence-electron chi connectivity index (χ1n) is 6.49. The molecule has 0 aliphatic carbocycles. The fourth-order valence-corrected chi connectivity index (χ4v) is 2.14. The molecule has 1 heterocycles. The second kappa shape index (κ2) is 6.40. The van der Waals surface area contributed by atoms with Crippen LogP contribution in [0.4, 0.5) is 0 Å². The third-order valence-electron chi connectivity index (χ3n) is 3.21. The van der Waals surface area contributed by atoms with Crippen LogP contribution in [0.3, 0.4) is 0 Å². The molecule has 4 nitrogen and oxygen atoms in total. The van der Waals surface area contributed by atoms with Crippen LogP contribution in [0.5, 0.6) is 5.75 Å². The zero-order valence-electron chi connectivity index (χ0n) is 10.6. The maximum Gasteiger partial charge on any atom is 0.260 e. The summed E-state index contributed by atoms with van der Waals surface area (Å²) in [5.74, 6) is 0.788. The Kier molecular flexibility index (Phi) is 4.59. The van der Waals surface area contributed by atoms with Gasteiger partial charge in [-0.15, -0.1) is 0 Å². The summed E-state index contributed by atoms with van der Waals surface area (Å²) in [7, 11) is 0. The van der Waals surface area contributed by atoms with Gasteiger partial charge < -0.3 is 15.4 Å². The molecular formula is C14H20N2O2. The van der Waals surface area contributed by atoms with Crippen LogP contribution < -0.4 is 10.5 Å². The molecule has 0 spiro atoms. The van der Waals surface area contributed by atoms with Crippen LogP contribution in [0.25, 0.3) is 0 Å². The molecule has 1 aliphatic rings. The van der Waals surface area contributed by atoms with Crippen LogP contribution in [0.2, 0.25) is 0 Å². The average Bonchev–Trinajstić information content (AvgIpc) is 2.46. The number of hydrogen-bond acceptors (Lipinski definition) is 3. The highest BCUT2D eigenvalue weighted by atomic mass is 16.5. The fourth-order valence-electron chi connectivity index (χ4n) is 2.14. The van der Waals surface area contributed by atoms with Crippen molar-refractivity contribution < 1.29 is 9.53 Å². The summed E-state index contributed by atoms with van der Waals surface area (Å²) in [4.78, 5) is 13.8. The van der Waals surface area contributed by atoms with Gasteiger partial charge in [-0.2, -0.15) is 0 Å². The van der Waals surface area contributed by atoms with E-state index in [1.165, 1.54) is 6.42 Å². The van der Waals surface area contributed by atoms with Crippen molar-refractivity contribution in [2.75, 3.05) is 19.7 Å². The van der Waals surface area contributed by atoms with E-state index in [1.807, 2.05) is 29.2 Å². The van der Waals surface area contributed by atoms with Gasteiger partial charge in [-0.1, -0.05) is 12.1 Å². The number of nitrogens with two attached hydrogens (primary N) is 1. The second-order valence-electron chi connectivity index (χ2n) is 4.58. The van der Waals surface area contributed by atoms with Crippen molar-refractivity contribution in [1.82, 2.24) is 4.90 Å². The minimum absolute atomic E-state index is 0.0767. The van der Waals surface area contributed by atoms with E-state index < -0.39 is 0 Å². The minimum Gasteiger partial charge on any atom is -0.484 e. The first-order valence-corrected chi connectivity index (χ1v) is 6.49. The summed E-state index contributed by atoms with van der Waals surface area (Å²) in [5, 5.41) is 0. The number of ether oxygens (including phenoxy) is 1. The molecule has 0 unspecified atom stereocenters. The Labute approximate surface area is 108 Å². The Bertz CT molecular complexity index is 401. The van der Waals surface area contributed by atoms with E-state index in [0.29, 0.717) is 12.3 Å². The number of rotatable bonds is 4. The molecule has 1 fully saturated rings. The van der Waals surface area contributed by atoms with Crippen LogP contribution in [-0.4, -0.2) is 30.5 Å². The molecule has 1 aromatic rings. The van der Waals surface area contributed by atoms with Crippen LogP contribution in [0, 0.1) is 0 Å². The number of hydrogen-bond donors (Lipinski definition) is 1. The summed E-state index contributed by atoms with van der Waals surface area (Å²) in [6.07, 6.45) is 3.44. The van der Waals surface area contributed by atoms with Crippen LogP contribution in [0.15, 0.2) is 24.3 Å². The average molecular weight is 248 g/mol. The molecule has 4 heteroatoms. The smallest absolute Gasteiger partial charge is 0.260 e. The molecule has 2 N–H and O–H groups in total. The zero-order chi connectivity index (χ0) is 12.8. The summed E-state index contributed by atoms with van der Waals surface area (Å²) >= 11 is 0. The minimum atomic E-state index is 0.0767. The third-order valence-corrected chi connectivity index (χ3v) is 3.21. The number of carbonyl (C=O) groups excluding carboxylic acids is 1. The Hall–Kier alpha value is -1.55. The maximum atomic E-state index is 11.9. The van der Waals surface area contributed by atoms with Gasteiger partial charge in [0.2, 0.25) is 0 Å². The highest BCUT2D eigenvalue weighted by Crippen LogP contribution is 2.14. The van der Waals surface area contributed by atoms with Gasteiger partial charge in [0.25, 0.3) is 5.91 Å². The largest absolute Gasteiger partial charge is 0.484 e. The van der Waals surface area contributed by atoms with E-state index >= 15 is 0 Å². The van der Waals surface area contributed by atoms with E-state index in [9.17, 15) is 4.79 Å². The van der Waals surface area contributed by atoms with Crippen LogP contribution >= 0.6 is 0 Å². The summed E-state index contributed by atoms with van der Waals surface area (Å²) in [6.45, 7) is 2.33. The topological polar surface area (TPSA) is 55.6 Å². The molecule has 2 rings (SSSR count). The predicted molar refractivity (Wildman–Crippen MR) is 70.3 cm³/mol. The number of carbonyl (C=O) groups is 1. The Morgan fingerprint density at radius 3 is 2.78 bits per heavy atom. The van der Waals surface area contributed by atoms with E-state index in [4.69, 9.17) is 10.5 Å². The molecule has 0 saturated carbocycles. The molecule has 1 aliphatic heterocycles. The molecule has 1 amide bonds. The lowest BCUT2D eigenvalue weighted by Gasteiger charge is -2.26. The zero-order valence-corrected chi connectivity index (χ0v) is 10.6. The number of piperidine rings is 1. The Balaban J connectivity index is 1.84. The SMILES string of the molecule is NCc1cccc(OCC(=O)N2CCCCC2)c1. The van der Waals surface area contributed by atoms with E-state index in [2.05, 4.69) is 0 Å². The molecule has 1 aromatic carbocycles. The van der Waals surface area contributed by atoms with Crippen molar-refractivity contribution in [2.24, 2.45) is 5.73 Å². The highest BCUT2D eigenvalue weighted by Gasteiger charge is 2.16.